The lowest BCUT2D eigenvalue weighted by Crippen LogP contribution is -2.27. The van der Waals surface area contributed by atoms with Crippen LogP contribution >= 0.6 is 0 Å². The van der Waals surface area contributed by atoms with Crippen LogP contribution in [0.15, 0.2) is 0 Å². The summed E-state index contributed by atoms with van der Waals surface area (Å²) in [6.45, 7) is -1.09. The fraction of sp³-hybridized carbons (Fsp3) is 0.875. The zero-order valence-corrected chi connectivity index (χ0v) is 8.44. The molecule has 0 atom stereocenters. The zero-order chi connectivity index (χ0) is 13.7. The molecule has 0 aromatic rings. The molecule has 1 fully saturated rings. The third-order valence-corrected chi connectivity index (χ3v) is 1.78. The first-order valence-corrected chi connectivity index (χ1v) is 4.51. The van der Waals surface area contributed by atoms with Gasteiger partial charge in [-0.15, -0.1) is 0 Å². The maximum atomic E-state index is 11.5. The summed E-state index contributed by atoms with van der Waals surface area (Å²) in [4.78, 5) is 8.90. The van der Waals surface area contributed by atoms with E-state index in [1.807, 2.05) is 0 Å². The van der Waals surface area contributed by atoms with E-state index in [2.05, 4.69) is 4.74 Å². The number of carboxylic acids is 1. The van der Waals surface area contributed by atoms with Crippen LogP contribution in [0.2, 0.25) is 0 Å². The minimum absolute atomic E-state index is 0.123. The van der Waals surface area contributed by atoms with E-state index >= 15 is 0 Å². The highest BCUT2D eigenvalue weighted by Gasteiger charge is 2.38. The van der Waals surface area contributed by atoms with Crippen molar-refractivity contribution in [2.75, 3.05) is 6.61 Å². The van der Waals surface area contributed by atoms with E-state index in [-0.39, 0.29) is 6.10 Å². The van der Waals surface area contributed by atoms with Gasteiger partial charge in [0.2, 0.25) is 0 Å². The van der Waals surface area contributed by atoms with Crippen molar-refractivity contribution in [1.82, 2.24) is 0 Å². The van der Waals surface area contributed by atoms with Gasteiger partial charge < -0.3 is 9.84 Å². The van der Waals surface area contributed by atoms with Crippen LogP contribution in [-0.2, 0) is 9.53 Å². The average Bonchev–Trinajstić information content (AvgIpc) is 1.97. The molecule has 17 heavy (non-hydrogen) atoms. The molecule has 1 aliphatic rings. The first kappa shape index (κ1) is 16.0. The van der Waals surface area contributed by atoms with Gasteiger partial charge in [-0.25, -0.2) is 4.79 Å². The molecule has 0 heterocycles. The van der Waals surface area contributed by atoms with Crippen LogP contribution in [0.4, 0.5) is 26.3 Å². The molecule has 0 amide bonds. The van der Waals surface area contributed by atoms with Gasteiger partial charge >= 0.3 is 18.3 Å². The molecule has 1 rings (SSSR count). The number of hydrogen-bond donors (Lipinski definition) is 1. The van der Waals surface area contributed by atoms with Gasteiger partial charge in [0.1, 0.15) is 6.61 Å². The Morgan fingerprint density at radius 2 is 1.59 bits per heavy atom. The predicted molar refractivity (Wildman–Crippen MR) is 43.3 cm³/mol. The van der Waals surface area contributed by atoms with Crippen molar-refractivity contribution in [3.63, 3.8) is 0 Å². The largest absolute Gasteiger partial charge is 0.490 e. The topological polar surface area (TPSA) is 46.5 Å². The van der Waals surface area contributed by atoms with Gasteiger partial charge in [0.05, 0.1) is 6.10 Å². The number of alkyl halides is 6. The quantitative estimate of drug-likeness (QED) is 0.783. The second-order valence-corrected chi connectivity index (χ2v) is 3.28. The van der Waals surface area contributed by atoms with Crippen molar-refractivity contribution in [3.8, 4) is 0 Å². The lowest BCUT2D eigenvalue weighted by Gasteiger charge is -2.25. The second-order valence-electron chi connectivity index (χ2n) is 3.28. The Morgan fingerprint density at radius 1 is 1.18 bits per heavy atom. The van der Waals surface area contributed by atoms with Crippen LogP contribution in [0, 0.1) is 0 Å². The van der Waals surface area contributed by atoms with Gasteiger partial charge in [0, 0.05) is 0 Å². The van der Waals surface area contributed by atoms with Crippen LogP contribution in [-0.4, -0.2) is 36.1 Å². The molecule has 0 radical (unpaired) electrons. The summed E-state index contributed by atoms with van der Waals surface area (Å²) in [6.07, 6.45) is -6.79. The van der Waals surface area contributed by atoms with Crippen molar-refractivity contribution >= 4 is 5.97 Å². The van der Waals surface area contributed by atoms with Crippen molar-refractivity contribution in [3.05, 3.63) is 0 Å². The highest BCUT2D eigenvalue weighted by Crippen LogP contribution is 2.24. The number of carboxylic acid groups (broad SMARTS) is 1. The Balaban J connectivity index is 0.000000325. The van der Waals surface area contributed by atoms with Crippen LogP contribution in [0.3, 0.4) is 0 Å². The molecule has 0 unspecified atom stereocenters. The third kappa shape index (κ3) is 8.78. The number of aliphatic carboxylic acids is 1. The molecule has 9 heteroatoms. The Bertz CT molecular complexity index is 243. The van der Waals surface area contributed by atoms with Gasteiger partial charge in [-0.1, -0.05) is 0 Å². The SMILES string of the molecule is FC(F)(F)COC1CCC1.O=C(O)C(F)(F)F. The number of ether oxygens (including phenoxy) is 1. The van der Waals surface area contributed by atoms with Gasteiger partial charge in [-0.3, -0.25) is 0 Å². The van der Waals surface area contributed by atoms with Crippen LogP contribution < -0.4 is 0 Å². The molecule has 1 N–H and O–H groups in total. The number of hydrogen-bond acceptors (Lipinski definition) is 2. The maximum absolute atomic E-state index is 11.5. The summed E-state index contributed by atoms with van der Waals surface area (Å²) in [5.74, 6) is -2.76. The molecule has 0 aromatic heterocycles. The normalized spacial score (nSPS) is 16.8. The summed E-state index contributed by atoms with van der Waals surface area (Å²) in [7, 11) is 0. The maximum Gasteiger partial charge on any atom is 0.490 e. The first-order valence-electron chi connectivity index (χ1n) is 4.51. The van der Waals surface area contributed by atoms with Crippen LogP contribution in [0.1, 0.15) is 19.3 Å². The molecule has 0 spiro atoms. The van der Waals surface area contributed by atoms with Crippen LogP contribution in [0.25, 0.3) is 0 Å². The molecule has 102 valence electrons. The van der Waals surface area contributed by atoms with E-state index in [9.17, 15) is 26.3 Å². The molecular formula is C8H10F6O3. The average molecular weight is 268 g/mol. The van der Waals surface area contributed by atoms with Gasteiger partial charge in [-0.05, 0) is 19.3 Å². The highest BCUT2D eigenvalue weighted by molar-refractivity contribution is 5.73. The Morgan fingerprint density at radius 3 is 1.76 bits per heavy atom. The van der Waals surface area contributed by atoms with Crippen LogP contribution in [0.5, 0.6) is 0 Å². The lowest BCUT2D eigenvalue weighted by atomic mass is 9.96. The molecule has 0 bridgehead atoms. The fourth-order valence-electron chi connectivity index (χ4n) is 0.750. The summed E-state index contributed by atoms with van der Waals surface area (Å²) in [5, 5.41) is 7.12. The second kappa shape index (κ2) is 6.08. The molecule has 0 saturated heterocycles. The van der Waals surface area contributed by atoms with Crippen molar-refractivity contribution in [2.45, 2.75) is 37.7 Å². The van der Waals surface area contributed by atoms with Gasteiger partial charge in [0.15, 0.2) is 0 Å². The zero-order valence-electron chi connectivity index (χ0n) is 8.44. The smallest absolute Gasteiger partial charge is 0.475 e. The third-order valence-electron chi connectivity index (χ3n) is 1.78. The summed E-state index contributed by atoms with van der Waals surface area (Å²) < 4.78 is 70.6. The molecule has 0 aliphatic heterocycles. The predicted octanol–water partition coefficient (Wildman–Crippen LogP) is 2.75. The van der Waals surface area contributed by atoms with Crippen molar-refractivity contribution in [1.29, 1.82) is 0 Å². The molecule has 3 nitrogen and oxygen atoms in total. The van der Waals surface area contributed by atoms with Gasteiger partial charge in [0.25, 0.3) is 0 Å². The standard InChI is InChI=1S/C6H9F3O.C2HF3O2/c7-6(8,9)4-10-5-2-1-3-5;3-2(4,5)1(6)7/h5H,1-4H2;(H,6,7). The molecule has 1 aliphatic carbocycles. The molecule has 0 aromatic carbocycles. The number of rotatable bonds is 2. The lowest BCUT2D eigenvalue weighted by molar-refractivity contribution is -0.193. The molecule has 1 saturated carbocycles. The van der Waals surface area contributed by atoms with E-state index in [4.69, 9.17) is 9.90 Å². The first-order chi connectivity index (χ1) is 7.52. The van der Waals surface area contributed by atoms with Gasteiger partial charge in [-0.2, -0.15) is 26.3 Å². The van der Waals surface area contributed by atoms with Crippen molar-refractivity contribution < 1.29 is 41.0 Å². The minimum Gasteiger partial charge on any atom is -0.475 e. The summed E-state index contributed by atoms with van der Waals surface area (Å²) in [6, 6.07) is 0. The molecular weight excluding hydrogens is 258 g/mol. The Hall–Kier alpha value is -0.990. The summed E-state index contributed by atoms with van der Waals surface area (Å²) >= 11 is 0. The Labute approximate surface area is 92.4 Å². The van der Waals surface area contributed by atoms with Crippen molar-refractivity contribution in [2.24, 2.45) is 0 Å². The summed E-state index contributed by atoms with van der Waals surface area (Å²) in [5.41, 5.74) is 0. The fourth-order valence-corrected chi connectivity index (χ4v) is 0.750. The van der Waals surface area contributed by atoms with E-state index in [1.165, 1.54) is 0 Å². The van der Waals surface area contributed by atoms with E-state index in [1.54, 1.807) is 0 Å². The van der Waals surface area contributed by atoms with E-state index in [0.29, 0.717) is 0 Å². The monoisotopic (exact) mass is 268 g/mol. The minimum atomic E-state index is -5.08. The van der Waals surface area contributed by atoms with E-state index < -0.39 is 24.9 Å². The van der Waals surface area contributed by atoms with E-state index in [0.717, 1.165) is 19.3 Å². The Kier molecular flexibility index (Phi) is 5.73. The number of halogens is 6. The highest BCUT2D eigenvalue weighted by atomic mass is 19.4. The number of carbonyl (C=O) groups is 1.